The van der Waals surface area contributed by atoms with Gasteiger partial charge in [-0.2, -0.15) is 0 Å². The monoisotopic (exact) mass is 330 g/mol. The second-order valence-electron chi connectivity index (χ2n) is 9.14. The topological polar surface area (TPSA) is 38.7 Å². The lowest BCUT2D eigenvalue weighted by Gasteiger charge is -2.50. The molecule has 5 rings (SSSR count). The van der Waals surface area contributed by atoms with Gasteiger partial charge < -0.3 is 14.6 Å². The van der Waals surface area contributed by atoms with Crippen LogP contribution in [0.25, 0.3) is 0 Å². The summed E-state index contributed by atoms with van der Waals surface area (Å²) in [5, 5.41) is 10.6. The van der Waals surface area contributed by atoms with E-state index >= 15 is 0 Å². The first-order valence-corrected chi connectivity index (χ1v) is 9.90. The average Bonchev–Trinajstić information content (AvgIpc) is 3.12. The van der Waals surface area contributed by atoms with Gasteiger partial charge in [0, 0.05) is 18.3 Å². The van der Waals surface area contributed by atoms with E-state index in [-0.39, 0.29) is 17.3 Å². The third kappa shape index (κ3) is 2.01. The van der Waals surface area contributed by atoms with Crippen LogP contribution in [0.15, 0.2) is 22.8 Å². The number of aliphatic hydroxyl groups excluding tert-OH is 1. The standard InChI is InChI=1S/C21H30O3/c1-13-11-14-12-21(23-9-10-24-21)8-6-15(14)16-5-7-20(2)17(19(13)16)3-4-18(20)22/h5,13,17-19,22H,3-4,6-12H2,1-2H3/t13-,17?,18+,19?,20+/m1/s1. The van der Waals surface area contributed by atoms with Gasteiger partial charge in [0.15, 0.2) is 5.79 Å². The van der Waals surface area contributed by atoms with Crippen molar-refractivity contribution in [2.24, 2.45) is 23.2 Å². The Morgan fingerprint density at radius 2 is 2.00 bits per heavy atom. The molecular formula is C21H30O3. The maximum Gasteiger partial charge on any atom is 0.172 e. The van der Waals surface area contributed by atoms with E-state index in [1.807, 2.05) is 0 Å². The number of allylic oxidation sites excluding steroid dienone is 3. The molecule has 0 radical (unpaired) electrons. The molecule has 4 aliphatic carbocycles. The van der Waals surface area contributed by atoms with Crippen LogP contribution in [0.4, 0.5) is 0 Å². The van der Waals surface area contributed by atoms with Crippen molar-refractivity contribution in [2.75, 3.05) is 13.2 Å². The second-order valence-corrected chi connectivity index (χ2v) is 9.14. The number of hydrogen-bond acceptors (Lipinski definition) is 3. The van der Waals surface area contributed by atoms with E-state index in [0.29, 0.717) is 17.8 Å². The molecule has 1 N–H and O–H groups in total. The van der Waals surface area contributed by atoms with Crippen LogP contribution >= 0.6 is 0 Å². The molecule has 0 aromatic carbocycles. The van der Waals surface area contributed by atoms with E-state index in [0.717, 1.165) is 45.3 Å². The van der Waals surface area contributed by atoms with Gasteiger partial charge in [-0.1, -0.05) is 25.5 Å². The summed E-state index contributed by atoms with van der Waals surface area (Å²) in [5.74, 6) is 1.67. The highest BCUT2D eigenvalue weighted by atomic mass is 16.7. The molecule has 5 atom stereocenters. The first kappa shape index (κ1) is 15.6. The molecule has 3 heteroatoms. The van der Waals surface area contributed by atoms with Gasteiger partial charge in [-0.25, -0.2) is 0 Å². The molecule has 3 nitrogen and oxygen atoms in total. The quantitative estimate of drug-likeness (QED) is 0.730. The van der Waals surface area contributed by atoms with E-state index in [2.05, 4.69) is 19.9 Å². The van der Waals surface area contributed by atoms with Gasteiger partial charge in [-0.15, -0.1) is 0 Å². The predicted octanol–water partition coefficient (Wildman–Crippen LogP) is 3.97. The minimum atomic E-state index is -0.307. The van der Waals surface area contributed by atoms with Crippen LogP contribution in [0.2, 0.25) is 0 Å². The maximum atomic E-state index is 10.6. The lowest BCUT2D eigenvalue weighted by Crippen LogP contribution is -2.44. The summed E-state index contributed by atoms with van der Waals surface area (Å²) in [6.07, 6.45) is 9.89. The number of fused-ring (bicyclic) bond motifs is 4. The normalized spacial score (nSPS) is 46.5. The molecule has 0 bridgehead atoms. The summed E-state index contributed by atoms with van der Waals surface area (Å²) in [5.41, 5.74) is 4.97. The number of ether oxygens (including phenoxy) is 2. The smallest absolute Gasteiger partial charge is 0.172 e. The highest BCUT2D eigenvalue weighted by Gasteiger charge is 2.54. The molecule has 2 fully saturated rings. The van der Waals surface area contributed by atoms with Crippen molar-refractivity contribution in [1.82, 2.24) is 0 Å². The van der Waals surface area contributed by atoms with Gasteiger partial charge in [-0.05, 0) is 61.0 Å². The van der Waals surface area contributed by atoms with Crippen LogP contribution in [-0.4, -0.2) is 30.2 Å². The van der Waals surface area contributed by atoms with Crippen LogP contribution in [0.5, 0.6) is 0 Å². The van der Waals surface area contributed by atoms with Crippen molar-refractivity contribution >= 4 is 0 Å². The van der Waals surface area contributed by atoms with Gasteiger partial charge in [0.1, 0.15) is 0 Å². The van der Waals surface area contributed by atoms with E-state index in [1.165, 1.54) is 12.8 Å². The molecule has 0 aromatic rings. The molecule has 1 heterocycles. The van der Waals surface area contributed by atoms with Crippen molar-refractivity contribution in [3.8, 4) is 0 Å². The van der Waals surface area contributed by atoms with Gasteiger partial charge in [0.2, 0.25) is 0 Å². The molecule has 2 unspecified atom stereocenters. The second kappa shape index (κ2) is 5.18. The minimum absolute atomic E-state index is 0.105. The van der Waals surface area contributed by atoms with Crippen molar-refractivity contribution < 1.29 is 14.6 Å². The molecule has 1 spiro atoms. The van der Waals surface area contributed by atoms with E-state index < -0.39 is 0 Å². The van der Waals surface area contributed by atoms with E-state index in [4.69, 9.17) is 9.47 Å². The van der Waals surface area contributed by atoms with Gasteiger partial charge in [0.05, 0.1) is 19.3 Å². The molecule has 1 saturated heterocycles. The third-order valence-corrected chi connectivity index (χ3v) is 7.92. The van der Waals surface area contributed by atoms with Crippen LogP contribution in [0, 0.1) is 23.2 Å². The van der Waals surface area contributed by atoms with Crippen LogP contribution in [0.1, 0.15) is 58.8 Å². The predicted molar refractivity (Wildman–Crippen MR) is 92.3 cm³/mol. The zero-order chi connectivity index (χ0) is 16.5. The fourth-order valence-electron chi connectivity index (χ4n) is 6.65. The Bertz CT molecular complexity index is 613. The highest BCUT2D eigenvalue weighted by molar-refractivity contribution is 5.45. The third-order valence-electron chi connectivity index (χ3n) is 7.92. The first-order chi connectivity index (χ1) is 11.5. The van der Waals surface area contributed by atoms with Crippen molar-refractivity contribution in [1.29, 1.82) is 0 Å². The van der Waals surface area contributed by atoms with Crippen LogP contribution in [0.3, 0.4) is 0 Å². The van der Waals surface area contributed by atoms with Crippen molar-refractivity contribution in [3.05, 3.63) is 22.8 Å². The maximum absolute atomic E-state index is 10.6. The van der Waals surface area contributed by atoms with Crippen LogP contribution < -0.4 is 0 Å². The summed E-state index contributed by atoms with van der Waals surface area (Å²) in [6.45, 7) is 6.26. The average molecular weight is 330 g/mol. The Labute approximate surface area is 145 Å². The number of aliphatic hydroxyl groups is 1. The summed E-state index contributed by atoms with van der Waals surface area (Å²) in [4.78, 5) is 0. The Hall–Kier alpha value is -0.640. The Morgan fingerprint density at radius 3 is 2.79 bits per heavy atom. The zero-order valence-corrected chi connectivity index (χ0v) is 15.0. The molecule has 5 aliphatic rings. The van der Waals surface area contributed by atoms with Gasteiger partial charge in [0.25, 0.3) is 0 Å². The first-order valence-electron chi connectivity index (χ1n) is 9.90. The number of rotatable bonds is 0. The Kier molecular flexibility index (Phi) is 3.37. The highest BCUT2D eigenvalue weighted by Crippen LogP contribution is 2.61. The molecule has 132 valence electrons. The fourth-order valence-corrected chi connectivity index (χ4v) is 6.65. The SMILES string of the molecule is C[C@@H]1CC2=C(CCC3(C2)OCCO3)C2=CC[C@@]3(C)C(CC[C@@H]3O)C21. The van der Waals surface area contributed by atoms with Gasteiger partial charge >= 0.3 is 0 Å². The summed E-state index contributed by atoms with van der Waals surface area (Å²) in [7, 11) is 0. The number of hydrogen-bond donors (Lipinski definition) is 1. The summed E-state index contributed by atoms with van der Waals surface area (Å²) in [6, 6.07) is 0. The zero-order valence-electron chi connectivity index (χ0n) is 15.0. The van der Waals surface area contributed by atoms with Crippen LogP contribution in [-0.2, 0) is 9.47 Å². The van der Waals surface area contributed by atoms with Gasteiger partial charge in [-0.3, -0.25) is 0 Å². The van der Waals surface area contributed by atoms with Crippen molar-refractivity contribution in [2.45, 2.75) is 70.7 Å². The lowest BCUT2D eigenvalue weighted by molar-refractivity contribution is -0.164. The Morgan fingerprint density at radius 1 is 1.21 bits per heavy atom. The van der Waals surface area contributed by atoms with E-state index in [9.17, 15) is 5.11 Å². The molecule has 0 aromatic heterocycles. The lowest BCUT2D eigenvalue weighted by atomic mass is 9.55. The molecular weight excluding hydrogens is 300 g/mol. The Balaban J connectivity index is 1.52. The molecule has 24 heavy (non-hydrogen) atoms. The largest absolute Gasteiger partial charge is 0.393 e. The molecule has 1 aliphatic heterocycles. The molecule has 1 saturated carbocycles. The minimum Gasteiger partial charge on any atom is -0.393 e. The fraction of sp³-hybridized carbons (Fsp3) is 0.810. The van der Waals surface area contributed by atoms with Crippen molar-refractivity contribution in [3.63, 3.8) is 0 Å². The molecule has 0 amide bonds. The summed E-state index contributed by atoms with van der Waals surface area (Å²) >= 11 is 0. The van der Waals surface area contributed by atoms with E-state index in [1.54, 1.807) is 16.7 Å². The summed E-state index contributed by atoms with van der Waals surface area (Å²) < 4.78 is 12.0.